The number of carbonyl (C=O) groups is 2. The Morgan fingerprint density at radius 2 is 1.79 bits per heavy atom. The van der Waals surface area contributed by atoms with Gasteiger partial charge in [-0.05, 0) is 48.6 Å². The summed E-state index contributed by atoms with van der Waals surface area (Å²) in [5.74, 6) is -1.58. The lowest BCUT2D eigenvalue weighted by atomic mass is 10.1. The molecule has 4 aromatic rings. The normalized spacial score (nSPS) is 11.0. The number of thiophene rings is 1. The summed E-state index contributed by atoms with van der Waals surface area (Å²) in [7, 11) is 0. The third-order valence-electron chi connectivity index (χ3n) is 4.16. The zero-order valence-electron chi connectivity index (χ0n) is 15.1. The Morgan fingerprint density at radius 1 is 1.00 bits per heavy atom. The van der Waals surface area contributed by atoms with Gasteiger partial charge in [0.15, 0.2) is 5.78 Å². The number of allylic oxidation sites excluding steroid dienone is 1. The topological polar surface area (TPSA) is 87.9 Å². The minimum Gasteiger partial charge on any atom is -0.544 e. The molecule has 6 nitrogen and oxygen atoms in total. The molecule has 0 bridgehead atoms. The molecule has 0 atom stereocenters. The lowest BCUT2D eigenvalue weighted by molar-refractivity contribution is -0.254. The van der Waals surface area contributed by atoms with Crippen LogP contribution in [0.25, 0.3) is 23.0 Å². The van der Waals surface area contributed by atoms with E-state index in [0.29, 0.717) is 10.6 Å². The van der Waals surface area contributed by atoms with E-state index in [1.54, 1.807) is 23.2 Å². The van der Waals surface area contributed by atoms with Gasteiger partial charge in [-0.3, -0.25) is 9.78 Å². The van der Waals surface area contributed by atoms with E-state index in [9.17, 15) is 14.7 Å². The van der Waals surface area contributed by atoms with E-state index in [4.69, 9.17) is 0 Å². The number of carboxylic acid groups (broad SMARTS) is 1. The quantitative estimate of drug-likeness (QED) is 0.366. The van der Waals surface area contributed by atoms with E-state index in [1.165, 1.54) is 18.2 Å². The first kappa shape index (κ1) is 18.5. The Kier molecular flexibility index (Phi) is 5.13. The van der Waals surface area contributed by atoms with Crippen LogP contribution in [-0.4, -0.2) is 26.5 Å². The van der Waals surface area contributed by atoms with E-state index < -0.39 is 5.97 Å². The van der Waals surface area contributed by atoms with Crippen LogP contribution in [0.5, 0.6) is 0 Å². The van der Waals surface area contributed by atoms with Gasteiger partial charge in [0, 0.05) is 29.7 Å². The molecule has 4 rings (SSSR count). The zero-order chi connectivity index (χ0) is 20.2. The van der Waals surface area contributed by atoms with Gasteiger partial charge in [-0.1, -0.05) is 18.2 Å². The number of hydrogen-bond donors (Lipinski definition) is 0. The number of nitrogens with zero attached hydrogens (tertiary/aromatic N) is 3. The first-order valence-electron chi connectivity index (χ1n) is 8.71. The van der Waals surface area contributed by atoms with E-state index in [-0.39, 0.29) is 10.7 Å². The molecule has 142 valence electrons. The largest absolute Gasteiger partial charge is 0.544 e. The third-order valence-corrected chi connectivity index (χ3v) is 5.24. The fraction of sp³-hybridized carbons (Fsp3) is 0. The lowest BCUT2D eigenvalue weighted by Crippen LogP contribution is -2.20. The van der Waals surface area contributed by atoms with Crippen LogP contribution >= 0.6 is 11.3 Å². The van der Waals surface area contributed by atoms with E-state index in [2.05, 4.69) is 10.1 Å². The van der Waals surface area contributed by atoms with Crippen molar-refractivity contribution in [2.24, 2.45) is 0 Å². The average molecular weight is 400 g/mol. The van der Waals surface area contributed by atoms with Crippen molar-refractivity contribution in [1.82, 2.24) is 14.8 Å². The van der Waals surface area contributed by atoms with Crippen LogP contribution in [0.3, 0.4) is 0 Å². The van der Waals surface area contributed by atoms with Gasteiger partial charge < -0.3 is 9.90 Å². The Balaban J connectivity index is 1.69. The smallest absolute Gasteiger partial charge is 0.195 e. The summed E-state index contributed by atoms with van der Waals surface area (Å²) >= 11 is 0.893. The molecule has 0 aliphatic carbocycles. The average Bonchev–Trinajstić information content (AvgIpc) is 3.41. The molecular weight excluding hydrogens is 386 g/mol. The highest BCUT2D eigenvalue weighted by molar-refractivity contribution is 7.16. The first-order valence-corrected chi connectivity index (χ1v) is 9.52. The maximum absolute atomic E-state index is 12.4. The van der Waals surface area contributed by atoms with Crippen molar-refractivity contribution in [3.8, 4) is 16.9 Å². The lowest BCUT2D eigenvalue weighted by Gasteiger charge is -1.99. The zero-order valence-corrected chi connectivity index (χ0v) is 15.9. The van der Waals surface area contributed by atoms with Gasteiger partial charge in [0.1, 0.15) is 5.69 Å². The number of ketones is 1. The minimum atomic E-state index is -1.29. The third kappa shape index (κ3) is 4.04. The number of pyridine rings is 1. The van der Waals surface area contributed by atoms with Crippen molar-refractivity contribution in [3.05, 3.63) is 94.6 Å². The summed E-state index contributed by atoms with van der Waals surface area (Å²) in [6.45, 7) is 0. The predicted molar refractivity (Wildman–Crippen MR) is 109 cm³/mol. The molecule has 0 amide bonds. The number of aromatic carboxylic acids is 1. The second-order valence-corrected chi connectivity index (χ2v) is 7.19. The van der Waals surface area contributed by atoms with Gasteiger partial charge in [0.05, 0.1) is 21.4 Å². The maximum Gasteiger partial charge on any atom is 0.195 e. The fourth-order valence-corrected chi connectivity index (χ4v) is 3.54. The molecule has 0 aliphatic heterocycles. The standard InChI is InChI=1S/C22H15N3O3S/c26-18(19-10-11-20(29-19)22(27)28)9-8-16-14-25(17-6-2-1-3-7-17)24-21(16)15-5-4-12-23-13-15/h1-14H,(H,27,28)/p-1/b9-8+. The number of carbonyl (C=O) groups excluding carboxylic acids is 2. The van der Waals surface area contributed by atoms with Gasteiger partial charge in [-0.15, -0.1) is 11.3 Å². The first-order chi connectivity index (χ1) is 14.1. The van der Waals surface area contributed by atoms with Crippen molar-refractivity contribution < 1.29 is 14.7 Å². The van der Waals surface area contributed by atoms with Gasteiger partial charge in [-0.25, -0.2) is 4.68 Å². The Morgan fingerprint density at radius 3 is 2.48 bits per heavy atom. The van der Waals surface area contributed by atoms with Crippen molar-refractivity contribution in [2.45, 2.75) is 0 Å². The van der Waals surface area contributed by atoms with Crippen molar-refractivity contribution in [3.63, 3.8) is 0 Å². The number of rotatable bonds is 6. The van der Waals surface area contributed by atoms with Crippen molar-refractivity contribution >= 4 is 29.2 Å². The fourth-order valence-electron chi connectivity index (χ4n) is 2.78. The molecule has 3 aromatic heterocycles. The molecule has 0 radical (unpaired) electrons. The Hall–Kier alpha value is -3.84. The van der Waals surface area contributed by atoms with Gasteiger partial charge >= 0.3 is 0 Å². The molecule has 3 heterocycles. The number of aromatic nitrogens is 3. The number of carboxylic acids is 1. The van der Waals surface area contributed by atoms with Crippen LogP contribution in [-0.2, 0) is 0 Å². The van der Waals surface area contributed by atoms with E-state index in [1.807, 2.05) is 48.7 Å². The predicted octanol–water partition coefficient (Wildman–Crippen LogP) is 3.26. The van der Waals surface area contributed by atoms with E-state index >= 15 is 0 Å². The highest BCUT2D eigenvalue weighted by Crippen LogP contribution is 2.25. The summed E-state index contributed by atoms with van der Waals surface area (Å²) in [5.41, 5.74) is 3.14. The molecule has 0 fully saturated rings. The highest BCUT2D eigenvalue weighted by atomic mass is 32.1. The molecule has 0 spiro atoms. The summed E-state index contributed by atoms with van der Waals surface area (Å²) in [4.78, 5) is 27.9. The van der Waals surface area contributed by atoms with Gasteiger partial charge in [-0.2, -0.15) is 5.10 Å². The van der Waals surface area contributed by atoms with Crippen LogP contribution < -0.4 is 5.11 Å². The highest BCUT2D eigenvalue weighted by Gasteiger charge is 2.12. The van der Waals surface area contributed by atoms with Crippen LogP contribution in [0.4, 0.5) is 0 Å². The summed E-state index contributed by atoms with van der Waals surface area (Å²) in [6, 6.07) is 16.2. The Labute approximate surface area is 170 Å². The molecule has 0 aliphatic rings. The van der Waals surface area contributed by atoms with Gasteiger partial charge in [0.2, 0.25) is 0 Å². The molecule has 1 aromatic carbocycles. The SMILES string of the molecule is O=C([O-])c1ccc(C(=O)/C=C/c2cn(-c3ccccc3)nc2-c2cccnc2)s1. The van der Waals surface area contributed by atoms with Crippen LogP contribution in [0.2, 0.25) is 0 Å². The molecular formula is C22H14N3O3S-. The summed E-state index contributed by atoms with van der Waals surface area (Å²) in [6.07, 6.45) is 8.32. The number of para-hydroxylation sites is 1. The second kappa shape index (κ2) is 8.04. The molecule has 0 unspecified atom stereocenters. The van der Waals surface area contributed by atoms with Crippen LogP contribution in [0, 0.1) is 0 Å². The minimum absolute atomic E-state index is 0.0229. The summed E-state index contributed by atoms with van der Waals surface area (Å²) in [5, 5.41) is 15.6. The van der Waals surface area contributed by atoms with Crippen molar-refractivity contribution in [2.75, 3.05) is 0 Å². The number of hydrogen-bond acceptors (Lipinski definition) is 6. The monoisotopic (exact) mass is 400 g/mol. The van der Waals surface area contributed by atoms with Crippen LogP contribution in [0.1, 0.15) is 24.9 Å². The van der Waals surface area contributed by atoms with E-state index in [0.717, 1.165) is 28.2 Å². The summed E-state index contributed by atoms with van der Waals surface area (Å²) < 4.78 is 1.74. The van der Waals surface area contributed by atoms with Crippen LogP contribution in [0.15, 0.2) is 79.3 Å². The molecule has 7 heteroatoms. The molecule has 29 heavy (non-hydrogen) atoms. The second-order valence-electron chi connectivity index (χ2n) is 6.10. The Bertz CT molecular complexity index is 1190. The molecule has 0 saturated carbocycles. The number of benzene rings is 1. The van der Waals surface area contributed by atoms with Crippen molar-refractivity contribution in [1.29, 1.82) is 0 Å². The molecule has 0 N–H and O–H groups in total. The van der Waals surface area contributed by atoms with Gasteiger partial charge in [0.25, 0.3) is 0 Å². The molecule has 0 saturated heterocycles. The maximum atomic E-state index is 12.4.